The Morgan fingerprint density at radius 3 is 2.77 bits per heavy atom. The zero-order valence-corrected chi connectivity index (χ0v) is 19.8. The topological polar surface area (TPSA) is 35.0 Å². The Balaban J connectivity index is 1.53. The first kappa shape index (κ1) is 20.3. The molecule has 2 aromatic carbocycles. The summed E-state index contributed by atoms with van der Waals surface area (Å²) in [7, 11) is 0. The zero-order chi connectivity index (χ0) is 20.7. The molecule has 0 saturated heterocycles. The van der Waals surface area contributed by atoms with Gasteiger partial charge in [-0.05, 0) is 41.5 Å². The van der Waals surface area contributed by atoms with Crippen molar-refractivity contribution in [3.05, 3.63) is 58.5 Å². The van der Waals surface area contributed by atoms with Gasteiger partial charge in [-0.1, -0.05) is 61.2 Å². The summed E-state index contributed by atoms with van der Waals surface area (Å²) in [4.78, 5) is 12.2. The third-order valence-electron chi connectivity index (χ3n) is 5.90. The van der Waals surface area contributed by atoms with Crippen LogP contribution in [0.25, 0.3) is 21.0 Å². The van der Waals surface area contributed by atoms with Crippen LogP contribution in [0.4, 0.5) is 0 Å². The number of ether oxygens (including phenoxy) is 1. The maximum atomic E-state index is 6.19. The zero-order valence-electron chi connectivity index (χ0n) is 17.4. The van der Waals surface area contributed by atoms with Gasteiger partial charge in [-0.25, -0.2) is 9.97 Å². The van der Waals surface area contributed by atoms with Crippen molar-refractivity contribution in [3.63, 3.8) is 0 Å². The Labute approximate surface area is 189 Å². The molecule has 0 N–H and O–H groups in total. The second-order valence-electron chi connectivity index (χ2n) is 7.94. The van der Waals surface area contributed by atoms with Crippen LogP contribution in [0.2, 0.25) is 0 Å². The molecule has 0 fully saturated rings. The molecule has 3 nitrogen and oxygen atoms in total. The standard InChI is InChI=1S/C24H24N2OS3/c1-4-24(2)12-18-19(13-27-24)30-22-20(18)21(25-23(26-22)28-3)29-14-15-9-10-16-7-5-6-8-17(16)11-15/h5-11H,4,12-14H2,1-3H3/t24-/m1/s1. The van der Waals surface area contributed by atoms with Gasteiger partial charge in [-0.3, -0.25) is 0 Å². The van der Waals surface area contributed by atoms with Crippen molar-refractivity contribution < 1.29 is 4.74 Å². The minimum absolute atomic E-state index is 0.0978. The van der Waals surface area contributed by atoms with Gasteiger partial charge in [-0.2, -0.15) is 0 Å². The van der Waals surface area contributed by atoms with Crippen LogP contribution in [-0.4, -0.2) is 21.8 Å². The number of aromatic nitrogens is 2. The first-order valence-corrected chi connectivity index (χ1v) is 13.2. The minimum Gasteiger partial charge on any atom is -0.369 e. The highest BCUT2D eigenvalue weighted by atomic mass is 32.2. The number of fused-ring (bicyclic) bond motifs is 4. The van der Waals surface area contributed by atoms with Crippen molar-refractivity contribution in [2.24, 2.45) is 0 Å². The number of nitrogens with zero attached hydrogens (tertiary/aromatic N) is 2. The van der Waals surface area contributed by atoms with Crippen LogP contribution in [-0.2, 0) is 23.5 Å². The normalized spacial score (nSPS) is 18.8. The lowest BCUT2D eigenvalue weighted by molar-refractivity contribution is -0.0543. The molecule has 0 spiro atoms. The summed E-state index contributed by atoms with van der Waals surface area (Å²) in [6, 6.07) is 15.3. The molecule has 0 bridgehead atoms. The van der Waals surface area contributed by atoms with E-state index in [1.165, 1.54) is 32.2 Å². The molecule has 1 aliphatic heterocycles. The van der Waals surface area contributed by atoms with Crippen LogP contribution in [0, 0.1) is 0 Å². The molecule has 4 aromatic rings. The molecule has 1 aliphatic rings. The summed E-state index contributed by atoms with van der Waals surface area (Å²) in [6.07, 6.45) is 3.99. The van der Waals surface area contributed by atoms with Crippen molar-refractivity contribution >= 4 is 55.8 Å². The van der Waals surface area contributed by atoms with Gasteiger partial charge in [0, 0.05) is 22.4 Å². The van der Waals surface area contributed by atoms with Crippen molar-refractivity contribution in [2.45, 2.75) is 54.8 Å². The number of thiophene rings is 1. The van der Waals surface area contributed by atoms with E-state index in [-0.39, 0.29) is 5.60 Å². The second-order valence-corrected chi connectivity index (χ2v) is 10.8. The van der Waals surface area contributed by atoms with Crippen molar-refractivity contribution in [3.8, 4) is 0 Å². The Morgan fingerprint density at radius 1 is 1.13 bits per heavy atom. The lowest BCUT2D eigenvalue weighted by Crippen LogP contribution is -2.33. The summed E-state index contributed by atoms with van der Waals surface area (Å²) in [5.74, 6) is 0.900. The fourth-order valence-electron chi connectivity index (χ4n) is 3.92. The summed E-state index contributed by atoms with van der Waals surface area (Å²) < 4.78 is 6.19. The summed E-state index contributed by atoms with van der Waals surface area (Å²) in [6.45, 7) is 5.11. The average Bonchev–Trinajstić information content (AvgIpc) is 3.14. The van der Waals surface area contributed by atoms with Gasteiger partial charge in [0.25, 0.3) is 0 Å². The number of rotatable bonds is 5. The molecule has 0 unspecified atom stereocenters. The van der Waals surface area contributed by atoms with Crippen LogP contribution in [0.5, 0.6) is 0 Å². The lowest BCUT2D eigenvalue weighted by Gasteiger charge is -2.33. The first-order valence-electron chi connectivity index (χ1n) is 10.2. The van der Waals surface area contributed by atoms with Gasteiger partial charge in [-0.15, -0.1) is 23.1 Å². The molecule has 1 atom stereocenters. The molecule has 154 valence electrons. The SMILES string of the molecule is CC[C@]1(C)Cc2c(sc3nc(SC)nc(SCc4ccc5ccccc5c4)c23)CO1. The maximum absolute atomic E-state index is 6.19. The largest absolute Gasteiger partial charge is 0.369 e. The molecule has 2 aromatic heterocycles. The molecule has 0 saturated carbocycles. The molecule has 0 radical (unpaired) electrons. The number of hydrogen-bond acceptors (Lipinski definition) is 6. The van der Waals surface area contributed by atoms with Gasteiger partial charge < -0.3 is 4.74 Å². The van der Waals surface area contributed by atoms with Crippen LogP contribution in [0.1, 0.15) is 36.3 Å². The highest BCUT2D eigenvalue weighted by molar-refractivity contribution is 7.99. The van der Waals surface area contributed by atoms with Crippen molar-refractivity contribution in [1.82, 2.24) is 9.97 Å². The molecule has 30 heavy (non-hydrogen) atoms. The highest BCUT2D eigenvalue weighted by Gasteiger charge is 2.33. The van der Waals surface area contributed by atoms with Crippen molar-refractivity contribution in [1.29, 1.82) is 0 Å². The summed E-state index contributed by atoms with van der Waals surface area (Å²) in [5.41, 5.74) is 2.63. The number of hydrogen-bond donors (Lipinski definition) is 0. The predicted octanol–water partition coefficient (Wildman–Crippen LogP) is 7.10. The van der Waals surface area contributed by atoms with Gasteiger partial charge in [0.1, 0.15) is 9.86 Å². The van der Waals surface area contributed by atoms with Crippen LogP contribution >= 0.6 is 34.9 Å². The van der Waals surface area contributed by atoms with Gasteiger partial charge in [0.2, 0.25) is 0 Å². The van der Waals surface area contributed by atoms with Crippen LogP contribution in [0.15, 0.2) is 52.6 Å². The van der Waals surface area contributed by atoms with E-state index < -0.39 is 0 Å². The quantitative estimate of drug-likeness (QED) is 0.183. The fraction of sp³-hybridized carbons (Fsp3) is 0.333. The van der Waals surface area contributed by atoms with Gasteiger partial charge in [0.05, 0.1) is 12.2 Å². The number of benzene rings is 2. The Kier molecular flexibility index (Phi) is 5.52. The van der Waals surface area contributed by atoms with E-state index in [1.807, 2.05) is 18.0 Å². The average molecular weight is 453 g/mol. The summed E-state index contributed by atoms with van der Waals surface area (Å²) >= 11 is 5.21. The molecule has 0 aliphatic carbocycles. The van der Waals surface area contributed by atoms with E-state index in [0.717, 1.165) is 33.6 Å². The van der Waals surface area contributed by atoms with E-state index in [9.17, 15) is 0 Å². The number of thioether (sulfide) groups is 2. The third-order valence-corrected chi connectivity index (χ3v) is 8.60. The minimum atomic E-state index is -0.0978. The first-order chi connectivity index (χ1) is 14.6. The van der Waals surface area contributed by atoms with Gasteiger partial charge >= 0.3 is 0 Å². The Bertz CT molecular complexity index is 1240. The maximum Gasteiger partial charge on any atom is 0.189 e. The lowest BCUT2D eigenvalue weighted by atomic mass is 9.90. The van der Waals surface area contributed by atoms with Crippen LogP contribution < -0.4 is 0 Å². The smallest absolute Gasteiger partial charge is 0.189 e. The van der Waals surface area contributed by atoms with E-state index in [4.69, 9.17) is 14.7 Å². The van der Waals surface area contributed by atoms with E-state index in [1.54, 1.807) is 23.1 Å². The summed E-state index contributed by atoms with van der Waals surface area (Å²) in [5, 5.41) is 5.78. The van der Waals surface area contributed by atoms with Gasteiger partial charge in [0.15, 0.2) is 5.16 Å². The Hall–Kier alpha value is -1.60. The van der Waals surface area contributed by atoms with E-state index in [2.05, 4.69) is 56.3 Å². The predicted molar refractivity (Wildman–Crippen MR) is 130 cm³/mol. The molecular weight excluding hydrogens is 428 g/mol. The van der Waals surface area contributed by atoms with E-state index in [0.29, 0.717) is 6.61 Å². The molecule has 0 amide bonds. The molecular formula is C24H24N2OS3. The second kappa shape index (κ2) is 8.15. The monoisotopic (exact) mass is 452 g/mol. The molecule has 3 heterocycles. The van der Waals surface area contributed by atoms with E-state index >= 15 is 0 Å². The molecule has 5 rings (SSSR count). The third kappa shape index (κ3) is 3.75. The van der Waals surface area contributed by atoms with Crippen molar-refractivity contribution in [2.75, 3.05) is 6.26 Å². The highest BCUT2D eigenvalue weighted by Crippen LogP contribution is 2.43. The Morgan fingerprint density at radius 2 is 1.97 bits per heavy atom. The fourth-order valence-corrected chi connectivity index (χ4v) is 6.57. The van der Waals surface area contributed by atoms with Crippen LogP contribution in [0.3, 0.4) is 0 Å². The molecule has 6 heteroatoms.